The number of hydrogen-bond donors (Lipinski definition) is 1. The molecule has 0 aromatic heterocycles. The molecule has 3 rings (SSSR count). The second-order valence-electron chi connectivity index (χ2n) is 4.86. The van der Waals surface area contributed by atoms with E-state index in [-0.39, 0.29) is 22.2 Å². The number of nitriles is 1. The first kappa shape index (κ1) is 15.7. The molecule has 0 bridgehead atoms. The van der Waals surface area contributed by atoms with Gasteiger partial charge in [-0.3, -0.25) is 10.2 Å². The number of benzene rings is 2. The van der Waals surface area contributed by atoms with Crippen LogP contribution in [0.2, 0.25) is 5.02 Å². The van der Waals surface area contributed by atoms with Crippen molar-refractivity contribution in [3.8, 4) is 6.07 Å². The maximum absolute atomic E-state index is 14.1. The highest BCUT2D eigenvalue weighted by Gasteiger charge is 2.36. The SMILES string of the molecule is N#Cc1ccc(NN2C(=O)CSC2c2c(F)cccc2Cl)cc1. The number of halogens is 2. The van der Waals surface area contributed by atoms with E-state index in [0.29, 0.717) is 11.3 Å². The fourth-order valence-electron chi connectivity index (χ4n) is 2.26. The molecule has 2 aromatic carbocycles. The topological polar surface area (TPSA) is 56.1 Å². The van der Waals surface area contributed by atoms with Crippen molar-refractivity contribution < 1.29 is 9.18 Å². The summed E-state index contributed by atoms with van der Waals surface area (Å²) in [6.07, 6.45) is 0. The molecular weight excluding hydrogens is 337 g/mol. The van der Waals surface area contributed by atoms with E-state index in [1.165, 1.54) is 28.9 Å². The van der Waals surface area contributed by atoms with E-state index >= 15 is 0 Å². The zero-order chi connectivity index (χ0) is 16.4. The number of hydrogen-bond acceptors (Lipinski definition) is 4. The van der Waals surface area contributed by atoms with Gasteiger partial charge in [-0.05, 0) is 36.4 Å². The van der Waals surface area contributed by atoms with Gasteiger partial charge in [-0.1, -0.05) is 17.7 Å². The average molecular weight is 348 g/mol. The molecule has 0 aliphatic carbocycles. The first-order valence-electron chi connectivity index (χ1n) is 6.74. The van der Waals surface area contributed by atoms with Crippen LogP contribution in [0, 0.1) is 17.1 Å². The number of carbonyl (C=O) groups is 1. The van der Waals surface area contributed by atoms with Crippen molar-refractivity contribution in [3.05, 3.63) is 64.4 Å². The lowest BCUT2D eigenvalue weighted by atomic mass is 10.2. The molecule has 0 spiro atoms. The monoisotopic (exact) mass is 347 g/mol. The van der Waals surface area contributed by atoms with E-state index in [9.17, 15) is 9.18 Å². The van der Waals surface area contributed by atoms with Crippen LogP contribution in [0.1, 0.15) is 16.5 Å². The molecule has 116 valence electrons. The van der Waals surface area contributed by atoms with Crippen LogP contribution in [0.5, 0.6) is 0 Å². The Morgan fingerprint density at radius 1 is 1.30 bits per heavy atom. The minimum Gasteiger partial charge on any atom is -0.295 e. The third-order valence-electron chi connectivity index (χ3n) is 3.38. The van der Waals surface area contributed by atoms with Crippen LogP contribution >= 0.6 is 23.4 Å². The standard InChI is InChI=1S/C16H11ClFN3OS/c17-12-2-1-3-13(18)15(12)16-21(14(22)9-23-16)20-11-6-4-10(8-19)5-7-11/h1-7,16,20H,9H2. The van der Waals surface area contributed by atoms with Crippen molar-refractivity contribution in [2.75, 3.05) is 11.2 Å². The molecule has 0 saturated carbocycles. The van der Waals surface area contributed by atoms with Gasteiger partial charge in [-0.15, -0.1) is 11.8 Å². The van der Waals surface area contributed by atoms with E-state index < -0.39 is 11.2 Å². The molecule has 1 atom stereocenters. The van der Waals surface area contributed by atoms with Crippen molar-refractivity contribution >= 4 is 35.0 Å². The fraction of sp³-hybridized carbons (Fsp3) is 0.125. The molecule has 4 nitrogen and oxygen atoms in total. The predicted molar refractivity (Wildman–Crippen MR) is 88.2 cm³/mol. The highest BCUT2D eigenvalue weighted by molar-refractivity contribution is 8.00. The van der Waals surface area contributed by atoms with Crippen LogP contribution < -0.4 is 5.43 Å². The number of nitrogens with zero attached hydrogens (tertiary/aromatic N) is 2. The van der Waals surface area contributed by atoms with Crippen LogP contribution in [0.15, 0.2) is 42.5 Å². The van der Waals surface area contributed by atoms with Gasteiger partial charge in [0.2, 0.25) is 0 Å². The normalized spacial score (nSPS) is 17.2. The molecular formula is C16H11ClFN3OS. The van der Waals surface area contributed by atoms with Gasteiger partial charge in [0.1, 0.15) is 11.2 Å². The maximum Gasteiger partial charge on any atom is 0.252 e. The summed E-state index contributed by atoms with van der Waals surface area (Å²) in [5.74, 6) is -0.376. The Bertz CT molecular complexity index is 771. The Balaban J connectivity index is 1.89. The maximum atomic E-state index is 14.1. The van der Waals surface area contributed by atoms with Gasteiger partial charge in [0.25, 0.3) is 5.91 Å². The number of carbonyl (C=O) groups excluding carboxylic acids is 1. The van der Waals surface area contributed by atoms with Crippen molar-refractivity contribution in [1.82, 2.24) is 5.01 Å². The van der Waals surface area contributed by atoms with Crippen LogP contribution in [-0.4, -0.2) is 16.7 Å². The number of rotatable bonds is 3. The summed E-state index contributed by atoms with van der Waals surface area (Å²) >= 11 is 7.41. The van der Waals surface area contributed by atoms with E-state index in [4.69, 9.17) is 16.9 Å². The van der Waals surface area contributed by atoms with Gasteiger partial charge in [-0.25, -0.2) is 9.40 Å². The van der Waals surface area contributed by atoms with Crippen molar-refractivity contribution in [3.63, 3.8) is 0 Å². The van der Waals surface area contributed by atoms with Gasteiger partial charge in [0, 0.05) is 10.6 Å². The van der Waals surface area contributed by atoms with Crippen LogP contribution in [0.4, 0.5) is 10.1 Å². The molecule has 23 heavy (non-hydrogen) atoms. The Morgan fingerprint density at radius 2 is 2.04 bits per heavy atom. The second kappa shape index (κ2) is 6.49. The van der Waals surface area contributed by atoms with Crippen LogP contribution in [-0.2, 0) is 4.79 Å². The predicted octanol–water partition coefficient (Wildman–Crippen LogP) is 3.95. The minimum absolute atomic E-state index is 0.163. The highest BCUT2D eigenvalue weighted by atomic mass is 35.5. The minimum atomic E-state index is -0.549. The Labute approximate surface area is 141 Å². The lowest BCUT2D eigenvalue weighted by Gasteiger charge is -2.26. The molecule has 1 N–H and O–H groups in total. The zero-order valence-corrected chi connectivity index (χ0v) is 13.4. The van der Waals surface area contributed by atoms with E-state index in [1.54, 1.807) is 30.3 Å². The summed E-state index contributed by atoms with van der Waals surface area (Å²) in [6.45, 7) is 0. The summed E-state index contributed by atoms with van der Waals surface area (Å²) < 4.78 is 14.1. The average Bonchev–Trinajstić information content (AvgIpc) is 2.89. The van der Waals surface area contributed by atoms with Crippen molar-refractivity contribution in [1.29, 1.82) is 5.26 Å². The molecule has 1 saturated heterocycles. The third-order valence-corrected chi connectivity index (χ3v) is 4.88. The molecule has 2 aromatic rings. The molecule has 1 unspecified atom stereocenters. The molecule has 1 amide bonds. The Kier molecular flexibility index (Phi) is 4.42. The second-order valence-corrected chi connectivity index (χ2v) is 6.34. The number of nitrogens with one attached hydrogen (secondary N) is 1. The number of amides is 1. The summed E-state index contributed by atoms with van der Waals surface area (Å²) in [4.78, 5) is 12.1. The van der Waals surface area contributed by atoms with Gasteiger partial charge in [-0.2, -0.15) is 5.26 Å². The molecule has 1 heterocycles. The number of thioether (sulfide) groups is 1. The number of hydrazine groups is 1. The number of anilines is 1. The Morgan fingerprint density at radius 3 is 2.70 bits per heavy atom. The van der Waals surface area contributed by atoms with Gasteiger partial charge >= 0.3 is 0 Å². The molecule has 1 fully saturated rings. The summed E-state index contributed by atoms with van der Waals surface area (Å²) in [6, 6.07) is 13.1. The van der Waals surface area contributed by atoms with Crippen LogP contribution in [0.25, 0.3) is 0 Å². The van der Waals surface area contributed by atoms with Crippen molar-refractivity contribution in [2.45, 2.75) is 5.37 Å². The first-order valence-corrected chi connectivity index (χ1v) is 8.17. The quantitative estimate of drug-likeness (QED) is 0.913. The van der Waals surface area contributed by atoms with Crippen molar-refractivity contribution in [2.24, 2.45) is 0 Å². The lowest BCUT2D eigenvalue weighted by Crippen LogP contribution is -2.34. The Hall–Kier alpha value is -2.23. The van der Waals surface area contributed by atoms with Gasteiger partial charge in [0.05, 0.1) is 23.1 Å². The smallest absolute Gasteiger partial charge is 0.252 e. The summed E-state index contributed by atoms with van der Waals surface area (Å²) in [5, 5.41) is 9.92. The van der Waals surface area contributed by atoms with Gasteiger partial charge < -0.3 is 0 Å². The third kappa shape index (κ3) is 3.11. The molecule has 1 aliphatic heterocycles. The largest absolute Gasteiger partial charge is 0.295 e. The van der Waals surface area contributed by atoms with E-state index in [1.807, 2.05) is 6.07 Å². The van der Waals surface area contributed by atoms with E-state index in [2.05, 4.69) is 5.43 Å². The summed E-state index contributed by atoms with van der Waals surface area (Å²) in [7, 11) is 0. The molecule has 7 heteroatoms. The first-order chi connectivity index (χ1) is 11.1. The van der Waals surface area contributed by atoms with Crippen LogP contribution in [0.3, 0.4) is 0 Å². The van der Waals surface area contributed by atoms with E-state index in [0.717, 1.165) is 0 Å². The molecule has 0 radical (unpaired) electrons. The zero-order valence-electron chi connectivity index (χ0n) is 11.8. The summed E-state index contributed by atoms with van der Waals surface area (Å²) in [5.41, 5.74) is 4.41. The van der Waals surface area contributed by atoms with Gasteiger partial charge in [0.15, 0.2) is 0 Å². The fourth-order valence-corrected chi connectivity index (χ4v) is 3.76. The highest BCUT2D eigenvalue weighted by Crippen LogP contribution is 2.42. The lowest BCUT2D eigenvalue weighted by molar-refractivity contribution is -0.126. The molecule has 1 aliphatic rings.